The molecule has 0 aromatic heterocycles. The lowest BCUT2D eigenvalue weighted by Gasteiger charge is -2.35. The monoisotopic (exact) mass is 240 g/mol. The minimum atomic E-state index is -0.120. The van der Waals surface area contributed by atoms with Gasteiger partial charge in [-0.1, -0.05) is 26.7 Å². The van der Waals surface area contributed by atoms with Crippen LogP contribution in [0.25, 0.3) is 0 Å². The third-order valence-corrected chi connectivity index (χ3v) is 4.11. The predicted molar refractivity (Wildman–Crippen MR) is 72.0 cm³/mol. The van der Waals surface area contributed by atoms with Gasteiger partial charge >= 0.3 is 0 Å². The zero-order valence-electron chi connectivity index (χ0n) is 11.9. The number of nitrogens with zero attached hydrogens (tertiary/aromatic N) is 1. The molecule has 0 bridgehead atoms. The summed E-state index contributed by atoms with van der Waals surface area (Å²) in [7, 11) is 1.97. The maximum Gasteiger partial charge on any atom is 0.230 e. The Morgan fingerprint density at radius 3 is 2.59 bits per heavy atom. The minimum absolute atomic E-state index is 0.120. The summed E-state index contributed by atoms with van der Waals surface area (Å²) in [5.41, 5.74) is -0.120. The van der Waals surface area contributed by atoms with Crippen molar-refractivity contribution in [1.82, 2.24) is 10.2 Å². The summed E-state index contributed by atoms with van der Waals surface area (Å²) in [4.78, 5) is 14.6. The van der Waals surface area contributed by atoms with Crippen LogP contribution < -0.4 is 5.32 Å². The van der Waals surface area contributed by atoms with Crippen LogP contribution in [-0.4, -0.2) is 37.0 Å². The van der Waals surface area contributed by atoms with E-state index in [2.05, 4.69) is 26.1 Å². The zero-order chi connectivity index (χ0) is 12.9. The Morgan fingerprint density at radius 1 is 1.41 bits per heavy atom. The van der Waals surface area contributed by atoms with Crippen molar-refractivity contribution < 1.29 is 4.79 Å². The molecule has 0 saturated carbocycles. The topological polar surface area (TPSA) is 32.3 Å². The van der Waals surface area contributed by atoms with Crippen molar-refractivity contribution in [3.8, 4) is 0 Å². The molecule has 1 N–H and O–H groups in total. The average Bonchev–Trinajstić information content (AvgIpc) is 2.77. The molecule has 1 aliphatic rings. The van der Waals surface area contributed by atoms with Gasteiger partial charge in [-0.05, 0) is 32.7 Å². The highest BCUT2D eigenvalue weighted by Crippen LogP contribution is 2.33. The van der Waals surface area contributed by atoms with Gasteiger partial charge in [0.2, 0.25) is 5.91 Å². The van der Waals surface area contributed by atoms with Gasteiger partial charge in [0.05, 0.1) is 5.41 Å². The number of amides is 1. The fourth-order valence-corrected chi connectivity index (χ4v) is 2.91. The van der Waals surface area contributed by atoms with Gasteiger partial charge in [-0.2, -0.15) is 0 Å². The van der Waals surface area contributed by atoms with Crippen molar-refractivity contribution in [1.29, 1.82) is 0 Å². The SMILES string of the molecule is CCCC(C)N(C)C(=O)C1(CCC)CCNC1. The Hall–Kier alpha value is -0.570. The summed E-state index contributed by atoms with van der Waals surface area (Å²) in [6, 6.07) is 0.363. The highest BCUT2D eigenvalue weighted by atomic mass is 16.2. The van der Waals surface area contributed by atoms with Crippen LogP contribution in [0.15, 0.2) is 0 Å². The average molecular weight is 240 g/mol. The predicted octanol–water partition coefficient (Wildman–Crippen LogP) is 2.41. The fraction of sp³-hybridized carbons (Fsp3) is 0.929. The molecule has 100 valence electrons. The van der Waals surface area contributed by atoms with E-state index in [1.54, 1.807) is 0 Å². The standard InChI is InChI=1S/C14H28N2O/c1-5-7-12(3)16(4)13(17)14(8-6-2)9-10-15-11-14/h12,15H,5-11H2,1-4H3. The van der Waals surface area contributed by atoms with Crippen LogP contribution >= 0.6 is 0 Å². The van der Waals surface area contributed by atoms with Crippen molar-refractivity contribution in [2.24, 2.45) is 5.41 Å². The molecule has 1 rings (SSSR count). The second kappa shape index (κ2) is 6.39. The molecule has 3 heteroatoms. The largest absolute Gasteiger partial charge is 0.343 e. The first-order valence-corrected chi connectivity index (χ1v) is 7.05. The Labute approximate surface area is 106 Å². The first-order valence-electron chi connectivity index (χ1n) is 7.05. The lowest BCUT2D eigenvalue weighted by Crippen LogP contribution is -2.47. The van der Waals surface area contributed by atoms with Crippen molar-refractivity contribution in [2.45, 2.75) is 58.9 Å². The second-order valence-electron chi connectivity index (χ2n) is 5.51. The third-order valence-electron chi connectivity index (χ3n) is 4.11. The first kappa shape index (κ1) is 14.5. The van der Waals surface area contributed by atoms with Crippen LogP contribution in [0, 0.1) is 5.41 Å². The highest BCUT2D eigenvalue weighted by molar-refractivity contribution is 5.83. The number of carbonyl (C=O) groups excluding carboxylic acids is 1. The van der Waals surface area contributed by atoms with Crippen LogP contribution in [0.2, 0.25) is 0 Å². The van der Waals surface area contributed by atoms with Crippen molar-refractivity contribution in [2.75, 3.05) is 20.1 Å². The molecule has 1 saturated heterocycles. The molecule has 0 radical (unpaired) electrons. The lowest BCUT2D eigenvalue weighted by atomic mass is 9.80. The molecule has 2 atom stereocenters. The van der Waals surface area contributed by atoms with E-state index in [-0.39, 0.29) is 5.41 Å². The third kappa shape index (κ3) is 3.21. The lowest BCUT2D eigenvalue weighted by molar-refractivity contribution is -0.142. The van der Waals surface area contributed by atoms with Crippen molar-refractivity contribution >= 4 is 5.91 Å². The molecule has 0 aliphatic carbocycles. The van der Waals surface area contributed by atoms with Gasteiger partial charge in [-0.25, -0.2) is 0 Å². The van der Waals surface area contributed by atoms with Crippen LogP contribution in [0.1, 0.15) is 52.9 Å². The minimum Gasteiger partial charge on any atom is -0.343 e. The van der Waals surface area contributed by atoms with E-state index in [1.165, 1.54) is 0 Å². The van der Waals surface area contributed by atoms with Gasteiger partial charge < -0.3 is 10.2 Å². The molecule has 1 amide bonds. The van der Waals surface area contributed by atoms with E-state index in [0.717, 1.165) is 45.2 Å². The molecular formula is C14H28N2O. The molecule has 0 spiro atoms. The van der Waals surface area contributed by atoms with Gasteiger partial charge in [-0.3, -0.25) is 4.79 Å². The van der Waals surface area contributed by atoms with Gasteiger partial charge in [0.15, 0.2) is 0 Å². The molecular weight excluding hydrogens is 212 g/mol. The fourth-order valence-electron chi connectivity index (χ4n) is 2.91. The van der Waals surface area contributed by atoms with Gasteiger partial charge in [0, 0.05) is 19.6 Å². The van der Waals surface area contributed by atoms with Crippen LogP contribution in [0.3, 0.4) is 0 Å². The molecule has 17 heavy (non-hydrogen) atoms. The van der Waals surface area contributed by atoms with Gasteiger partial charge in [0.1, 0.15) is 0 Å². The summed E-state index contributed by atoms with van der Waals surface area (Å²) in [6.07, 6.45) is 5.34. The van der Waals surface area contributed by atoms with Crippen molar-refractivity contribution in [3.05, 3.63) is 0 Å². The maximum atomic E-state index is 12.7. The smallest absolute Gasteiger partial charge is 0.230 e. The summed E-state index contributed by atoms with van der Waals surface area (Å²) in [5.74, 6) is 0.352. The Morgan fingerprint density at radius 2 is 2.12 bits per heavy atom. The Balaban J connectivity index is 2.70. The summed E-state index contributed by atoms with van der Waals surface area (Å²) >= 11 is 0. The Kier molecular flexibility index (Phi) is 5.44. The quantitative estimate of drug-likeness (QED) is 0.773. The van der Waals surface area contributed by atoms with E-state index in [1.807, 2.05) is 11.9 Å². The van der Waals surface area contributed by atoms with Crippen molar-refractivity contribution in [3.63, 3.8) is 0 Å². The van der Waals surface area contributed by atoms with E-state index < -0.39 is 0 Å². The molecule has 0 aromatic rings. The summed E-state index contributed by atoms with van der Waals surface area (Å²) in [5, 5.41) is 3.36. The summed E-state index contributed by atoms with van der Waals surface area (Å²) < 4.78 is 0. The van der Waals surface area contributed by atoms with Crippen LogP contribution in [0.4, 0.5) is 0 Å². The molecule has 1 fully saturated rings. The van der Waals surface area contributed by atoms with Gasteiger partial charge in [0.25, 0.3) is 0 Å². The number of hydrogen-bond acceptors (Lipinski definition) is 2. The second-order valence-corrected chi connectivity index (χ2v) is 5.51. The number of rotatable bonds is 6. The maximum absolute atomic E-state index is 12.7. The Bertz CT molecular complexity index is 247. The molecule has 1 heterocycles. The van der Waals surface area contributed by atoms with E-state index in [4.69, 9.17) is 0 Å². The van der Waals surface area contributed by atoms with Crippen LogP contribution in [0.5, 0.6) is 0 Å². The first-order chi connectivity index (χ1) is 8.07. The molecule has 0 aromatic carbocycles. The molecule has 3 nitrogen and oxygen atoms in total. The van der Waals surface area contributed by atoms with E-state index in [9.17, 15) is 4.79 Å². The van der Waals surface area contributed by atoms with Gasteiger partial charge in [-0.15, -0.1) is 0 Å². The van der Waals surface area contributed by atoms with Crippen LogP contribution in [-0.2, 0) is 4.79 Å². The number of carbonyl (C=O) groups is 1. The number of nitrogens with one attached hydrogen (secondary N) is 1. The molecule has 1 aliphatic heterocycles. The van der Waals surface area contributed by atoms with E-state index >= 15 is 0 Å². The zero-order valence-corrected chi connectivity index (χ0v) is 11.9. The highest BCUT2D eigenvalue weighted by Gasteiger charge is 2.42. The number of hydrogen-bond donors (Lipinski definition) is 1. The van der Waals surface area contributed by atoms with E-state index in [0.29, 0.717) is 11.9 Å². The molecule has 2 unspecified atom stereocenters. The normalized spacial score (nSPS) is 25.9. The summed E-state index contributed by atoms with van der Waals surface area (Å²) in [6.45, 7) is 8.35.